The topological polar surface area (TPSA) is 188 Å². The molecule has 5 rings (SSSR count). The molecule has 0 bridgehead atoms. The van der Waals surface area contributed by atoms with Crippen molar-refractivity contribution in [1.29, 1.82) is 0 Å². The zero-order valence-corrected chi connectivity index (χ0v) is 41.7. The minimum atomic E-state index is -1.62. The van der Waals surface area contributed by atoms with Crippen molar-refractivity contribution in [2.24, 2.45) is 0 Å². The van der Waals surface area contributed by atoms with Gasteiger partial charge < -0.3 is 45.3 Å². The first-order valence-corrected chi connectivity index (χ1v) is 22.2. The number of aryl methyl sites for hydroxylation is 3. The number of halogens is 3. The summed E-state index contributed by atoms with van der Waals surface area (Å²) in [5.41, 5.74) is 10.1. The van der Waals surface area contributed by atoms with Crippen LogP contribution in [-0.2, 0) is 59.4 Å². The van der Waals surface area contributed by atoms with Crippen LogP contribution in [0, 0.1) is 24.7 Å². The molecule has 0 unspecified atom stereocenters. The number of benzene rings is 5. The van der Waals surface area contributed by atoms with E-state index in [0.29, 0.717) is 6.42 Å². The molecule has 62 heavy (non-hydrogen) atoms. The maximum atomic E-state index is 12.1. The fourth-order valence-corrected chi connectivity index (χ4v) is 6.55. The summed E-state index contributed by atoms with van der Waals surface area (Å²) >= 11 is 10.4. The Bertz CT molecular complexity index is 2270. The van der Waals surface area contributed by atoms with Crippen LogP contribution in [0.2, 0.25) is 0 Å². The summed E-state index contributed by atoms with van der Waals surface area (Å²) in [5, 5.41) is 68.0. The van der Waals surface area contributed by atoms with E-state index < -0.39 is 52.0 Å². The third-order valence-electron chi connectivity index (χ3n) is 8.71. The standard InChI is InChI=1S/C19H18O5.C12H13Br.C10H12Br2.C7H6O5.Na/c1-3-5-13-8-12(4-2)9-14(10-13)11-24-19(23)15-6-7-16(20)18(22)17(15)21;1-3-5-11-6-10(4-2)7-12(8-11)9-13;1-2-8-3-9(6-11)5-10(4-8)7-12;8-4-2-1-3(7(11)12)5(9)6(4)10;/h1,6-10,20-22H,4-5,11H2,2H3;1,6-8H,4-5,9H2,2H3;3-5H,2,6-7H2,1H3;1-2,8-10H,(H,11,12);/q;;;;+1/p-1. The van der Waals surface area contributed by atoms with Crippen molar-refractivity contribution >= 4 is 59.7 Å². The van der Waals surface area contributed by atoms with E-state index in [1.54, 1.807) is 0 Å². The van der Waals surface area contributed by atoms with E-state index in [0.717, 1.165) is 76.6 Å². The number of phenolic OH excluding ortho intramolecular Hbond substituents is 5. The second-order valence-electron chi connectivity index (χ2n) is 13.2. The number of rotatable bonds is 12. The van der Waals surface area contributed by atoms with Crippen LogP contribution >= 0.6 is 47.8 Å². The van der Waals surface area contributed by atoms with Gasteiger partial charge in [-0.25, -0.2) is 4.79 Å². The van der Waals surface area contributed by atoms with Crippen molar-refractivity contribution in [3.8, 4) is 59.2 Å². The third kappa shape index (κ3) is 17.6. The molecule has 14 heteroatoms. The Morgan fingerprint density at radius 3 is 1.23 bits per heavy atom. The summed E-state index contributed by atoms with van der Waals surface area (Å²) < 4.78 is 5.18. The molecule has 0 heterocycles. The predicted molar refractivity (Wildman–Crippen MR) is 247 cm³/mol. The van der Waals surface area contributed by atoms with Gasteiger partial charge in [0.1, 0.15) is 12.2 Å². The Morgan fingerprint density at radius 2 is 0.855 bits per heavy atom. The molecule has 10 nitrogen and oxygen atoms in total. The van der Waals surface area contributed by atoms with Gasteiger partial charge in [0, 0.05) is 34.4 Å². The normalized spacial score (nSPS) is 9.81. The van der Waals surface area contributed by atoms with Gasteiger partial charge in [-0.15, -0.1) is 24.7 Å². The number of aromatic hydroxyl groups is 6. The van der Waals surface area contributed by atoms with Gasteiger partial charge in [-0.05, 0) is 93.6 Å². The van der Waals surface area contributed by atoms with Gasteiger partial charge in [-0.1, -0.05) is 123 Å². The number of terminal acetylenes is 2. The molecule has 0 aliphatic heterocycles. The molecule has 0 aromatic heterocycles. The summed E-state index contributed by atoms with van der Waals surface area (Å²) in [4.78, 5) is 22.3. The number of esters is 1. The Balaban J connectivity index is 0.000000435. The molecule has 322 valence electrons. The van der Waals surface area contributed by atoms with E-state index >= 15 is 0 Å². The van der Waals surface area contributed by atoms with Crippen LogP contribution in [0.5, 0.6) is 34.5 Å². The number of phenols is 6. The number of carboxylic acids is 1. The number of ether oxygens (including phenoxy) is 1. The number of carbonyl (C=O) groups excluding carboxylic acids is 2. The number of aromatic carboxylic acids is 1. The van der Waals surface area contributed by atoms with Crippen LogP contribution < -0.4 is 34.7 Å². The van der Waals surface area contributed by atoms with E-state index in [1.807, 2.05) is 25.1 Å². The van der Waals surface area contributed by atoms with E-state index in [-0.39, 0.29) is 41.7 Å². The van der Waals surface area contributed by atoms with Crippen LogP contribution in [0.4, 0.5) is 0 Å². The van der Waals surface area contributed by atoms with Crippen molar-refractivity contribution in [1.82, 2.24) is 0 Å². The molecule has 6 N–H and O–H groups in total. The number of hydrogen-bond donors (Lipinski definition) is 6. The second-order valence-corrected chi connectivity index (χ2v) is 14.9. The van der Waals surface area contributed by atoms with Gasteiger partial charge in [0.15, 0.2) is 23.0 Å². The monoisotopic (exact) mass is 1040 g/mol. The molecule has 0 aliphatic rings. The van der Waals surface area contributed by atoms with Gasteiger partial charge in [-0.2, -0.15) is 0 Å². The van der Waals surface area contributed by atoms with Gasteiger partial charge in [0.2, 0.25) is 11.5 Å². The zero-order chi connectivity index (χ0) is 45.6. The quantitative estimate of drug-likeness (QED) is 0.0268. The molecule has 0 fully saturated rings. The minimum absolute atomic E-state index is 0. The Kier molecular flexibility index (Phi) is 25.8. The molecule has 0 saturated heterocycles. The molecule has 0 radical (unpaired) electrons. The maximum Gasteiger partial charge on any atom is 1.00 e. The van der Waals surface area contributed by atoms with E-state index in [9.17, 15) is 30.0 Å². The van der Waals surface area contributed by atoms with E-state index in [4.69, 9.17) is 32.9 Å². The first-order chi connectivity index (χ1) is 29.1. The SMILES string of the molecule is C#CCc1cc(CC)cc(CBr)c1.C#CCc1cc(CC)cc(COC(=O)c2ccc(O)c(O)c2O)c1.CCc1cc(CBr)cc(CBr)c1.O=C([O-])c1ccc(O)c(O)c1O.[Na+]. The summed E-state index contributed by atoms with van der Waals surface area (Å²) in [5.74, 6) is -1.50. The summed E-state index contributed by atoms with van der Waals surface area (Å²) in [6.45, 7) is 6.37. The number of alkyl halides is 3. The van der Waals surface area contributed by atoms with Crippen molar-refractivity contribution < 1.29 is 79.6 Å². The average molecular weight is 1050 g/mol. The third-order valence-corrected chi connectivity index (χ3v) is 10.6. The van der Waals surface area contributed by atoms with Crippen molar-refractivity contribution in [2.75, 3.05) is 0 Å². The number of carboxylic acid groups (broad SMARTS) is 1. The summed E-state index contributed by atoms with van der Waals surface area (Å²) in [6.07, 6.45) is 14.8. The van der Waals surface area contributed by atoms with Crippen molar-refractivity contribution in [2.45, 2.75) is 75.5 Å². The molecule has 0 amide bonds. The fourth-order valence-electron chi connectivity index (χ4n) is 5.58. The summed E-state index contributed by atoms with van der Waals surface area (Å²) in [6, 6.07) is 23.2. The number of hydrogen-bond acceptors (Lipinski definition) is 10. The average Bonchev–Trinajstić information content (AvgIpc) is 3.26. The molecule has 5 aromatic carbocycles. The predicted octanol–water partition coefficient (Wildman–Crippen LogP) is 6.43. The van der Waals surface area contributed by atoms with Crippen LogP contribution in [0.1, 0.15) is 91.6 Å². The molecule has 5 aromatic rings. The second kappa shape index (κ2) is 28.9. The van der Waals surface area contributed by atoms with Gasteiger partial charge >= 0.3 is 35.5 Å². The zero-order valence-electron chi connectivity index (χ0n) is 35.0. The number of carbonyl (C=O) groups is 2. The fraction of sp³-hybridized carbons (Fsp3) is 0.250. The molecular formula is C48H48Br3NaO10. The van der Waals surface area contributed by atoms with Crippen LogP contribution in [0.3, 0.4) is 0 Å². The van der Waals surface area contributed by atoms with Crippen molar-refractivity contribution in [3.05, 3.63) is 140 Å². The Labute approximate surface area is 410 Å². The molecule has 0 atom stereocenters. The van der Waals surface area contributed by atoms with Gasteiger partial charge in [0.25, 0.3) is 0 Å². The Hall–Kier alpha value is -4.60. The van der Waals surface area contributed by atoms with Gasteiger partial charge in [0.05, 0.1) is 5.97 Å². The maximum absolute atomic E-state index is 12.1. The van der Waals surface area contributed by atoms with Gasteiger partial charge in [-0.3, -0.25) is 0 Å². The van der Waals surface area contributed by atoms with Crippen LogP contribution in [-0.4, -0.2) is 42.6 Å². The molecule has 0 saturated carbocycles. The Morgan fingerprint density at radius 1 is 0.532 bits per heavy atom. The summed E-state index contributed by atoms with van der Waals surface area (Å²) in [7, 11) is 0. The largest absolute Gasteiger partial charge is 1.00 e. The molecule has 0 aliphatic carbocycles. The first kappa shape index (κ1) is 55.4. The smallest absolute Gasteiger partial charge is 0.545 e. The molecular weight excluding hydrogens is 999 g/mol. The van der Waals surface area contributed by atoms with Crippen LogP contribution in [0.25, 0.3) is 0 Å². The van der Waals surface area contributed by atoms with E-state index in [2.05, 4.69) is 110 Å². The minimum Gasteiger partial charge on any atom is -0.545 e. The van der Waals surface area contributed by atoms with Crippen molar-refractivity contribution in [3.63, 3.8) is 0 Å². The van der Waals surface area contributed by atoms with Crippen LogP contribution in [0.15, 0.2) is 78.9 Å². The molecule has 0 spiro atoms. The first-order valence-electron chi connectivity index (χ1n) is 18.9. The van der Waals surface area contributed by atoms with E-state index in [1.165, 1.54) is 39.4 Å².